The number of benzene rings is 7. The van der Waals surface area contributed by atoms with E-state index in [4.69, 9.17) is 0 Å². The maximum atomic E-state index is 14.4. The summed E-state index contributed by atoms with van der Waals surface area (Å²) in [4.78, 5) is 14.4. The minimum Gasteiger partial charge on any atom is -0.309 e. The van der Waals surface area contributed by atoms with Gasteiger partial charge in [0.15, 0.2) is 0 Å². The molecule has 0 unspecified atom stereocenters. The van der Waals surface area contributed by atoms with Gasteiger partial charge < -0.3 is 4.57 Å². The Labute approximate surface area is 282 Å². The van der Waals surface area contributed by atoms with E-state index in [1.807, 2.05) is 22.6 Å². The topological polar surface area (TPSA) is 26.4 Å². The van der Waals surface area contributed by atoms with E-state index in [2.05, 4.69) is 146 Å². The highest BCUT2D eigenvalue weighted by molar-refractivity contribution is 6.22. The van der Waals surface area contributed by atoms with Crippen molar-refractivity contribution >= 4 is 59.8 Å². The third kappa shape index (κ3) is 3.39. The standard InChI is InChI=1S/C46H30N2O/c1-46(2)39-18-10-8-15-31(39)34-25-36-38-24-28(23-37-30-14-6-7-17-33(30)45(49)48(44(37)38)43(36)26-40(34)46)27-20-21-42-35(22-27)32-16-9-11-19-41(32)47(42)29-12-4-3-5-13-29/h3-26H,1-2H3. The second-order valence-corrected chi connectivity index (χ2v) is 14.1. The number of aromatic nitrogens is 2. The average molecular weight is 627 g/mol. The number of rotatable bonds is 2. The first-order valence-electron chi connectivity index (χ1n) is 17.0. The lowest BCUT2D eigenvalue weighted by Crippen LogP contribution is -2.16. The Balaban J connectivity index is 1.25. The molecule has 11 rings (SSSR count). The lowest BCUT2D eigenvalue weighted by molar-refractivity contribution is 0.661. The SMILES string of the molecule is CC1(C)c2ccccc2-c2cc3c4cc(-c5ccc6c(c5)c5ccccc5n6-c5ccccc5)cc5c6ccccc6c(=O)n(c3cc21)c54. The van der Waals surface area contributed by atoms with Crippen LogP contribution in [-0.2, 0) is 5.41 Å². The first kappa shape index (κ1) is 26.8. The summed E-state index contributed by atoms with van der Waals surface area (Å²) < 4.78 is 4.35. The highest BCUT2D eigenvalue weighted by Gasteiger charge is 2.36. The fraction of sp³-hybridized carbons (Fsp3) is 0.0652. The largest absolute Gasteiger partial charge is 0.309 e. The summed E-state index contributed by atoms with van der Waals surface area (Å²) in [6, 6.07) is 52.2. The van der Waals surface area contributed by atoms with Crippen LogP contribution in [0, 0.1) is 0 Å². The molecule has 0 amide bonds. The third-order valence-corrected chi connectivity index (χ3v) is 11.2. The van der Waals surface area contributed by atoms with E-state index in [1.54, 1.807) is 0 Å². The Morgan fingerprint density at radius 3 is 1.92 bits per heavy atom. The summed E-state index contributed by atoms with van der Waals surface area (Å²) in [6.07, 6.45) is 0. The Bertz CT molecular complexity index is 3090. The predicted octanol–water partition coefficient (Wildman–Crippen LogP) is 11.3. The van der Waals surface area contributed by atoms with Gasteiger partial charge in [0.1, 0.15) is 0 Å². The van der Waals surface area contributed by atoms with Crippen molar-refractivity contribution in [3.05, 3.63) is 167 Å². The quantitative estimate of drug-likeness (QED) is 0.175. The van der Waals surface area contributed by atoms with Gasteiger partial charge in [0, 0.05) is 43.4 Å². The molecule has 0 spiro atoms. The van der Waals surface area contributed by atoms with Crippen molar-refractivity contribution < 1.29 is 0 Å². The highest BCUT2D eigenvalue weighted by atomic mass is 16.1. The zero-order valence-electron chi connectivity index (χ0n) is 27.2. The predicted molar refractivity (Wildman–Crippen MR) is 205 cm³/mol. The van der Waals surface area contributed by atoms with Crippen LogP contribution in [0.15, 0.2) is 150 Å². The van der Waals surface area contributed by atoms with Crippen molar-refractivity contribution in [3.63, 3.8) is 0 Å². The molecular weight excluding hydrogens is 597 g/mol. The van der Waals surface area contributed by atoms with Gasteiger partial charge >= 0.3 is 0 Å². The molecule has 1 aliphatic rings. The molecule has 3 nitrogen and oxygen atoms in total. The van der Waals surface area contributed by atoms with Gasteiger partial charge in [-0.05, 0) is 99.4 Å². The maximum absolute atomic E-state index is 14.4. The molecule has 0 N–H and O–H groups in total. The molecule has 0 saturated heterocycles. The van der Waals surface area contributed by atoms with Crippen molar-refractivity contribution in [2.24, 2.45) is 0 Å². The summed E-state index contributed by atoms with van der Waals surface area (Å²) in [5.74, 6) is 0. The Morgan fingerprint density at radius 1 is 0.449 bits per heavy atom. The Hall–Kier alpha value is -6.19. The average Bonchev–Trinajstić information content (AvgIpc) is 3.73. The number of pyridine rings is 1. The molecule has 10 aromatic rings. The van der Waals surface area contributed by atoms with E-state index in [1.165, 1.54) is 44.1 Å². The molecule has 0 radical (unpaired) electrons. The van der Waals surface area contributed by atoms with Crippen LogP contribution in [-0.4, -0.2) is 8.97 Å². The molecule has 0 saturated carbocycles. The van der Waals surface area contributed by atoms with Crippen molar-refractivity contribution in [2.75, 3.05) is 0 Å². The van der Waals surface area contributed by atoms with E-state index >= 15 is 0 Å². The van der Waals surface area contributed by atoms with Crippen LogP contribution in [0.4, 0.5) is 0 Å². The summed E-state index contributed by atoms with van der Waals surface area (Å²) in [5, 5.41) is 7.53. The van der Waals surface area contributed by atoms with Crippen LogP contribution in [0.25, 0.3) is 87.7 Å². The van der Waals surface area contributed by atoms with E-state index in [0.29, 0.717) is 0 Å². The van der Waals surface area contributed by atoms with Gasteiger partial charge in [-0.15, -0.1) is 0 Å². The third-order valence-electron chi connectivity index (χ3n) is 11.2. The summed E-state index contributed by atoms with van der Waals surface area (Å²) >= 11 is 0. The van der Waals surface area contributed by atoms with Crippen molar-refractivity contribution in [1.29, 1.82) is 0 Å². The summed E-state index contributed by atoms with van der Waals surface area (Å²) in [5.41, 5.74) is 12.8. The molecule has 3 heteroatoms. The van der Waals surface area contributed by atoms with Gasteiger partial charge in [-0.25, -0.2) is 0 Å². The molecule has 1 aliphatic carbocycles. The Kier molecular flexibility index (Phi) is 5.06. The van der Waals surface area contributed by atoms with Crippen LogP contribution in [0.1, 0.15) is 25.0 Å². The monoisotopic (exact) mass is 626 g/mol. The lowest BCUT2D eigenvalue weighted by atomic mass is 9.82. The van der Waals surface area contributed by atoms with Crippen LogP contribution in [0.2, 0.25) is 0 Å². The normalized spacial score (nSPS) is 13.8. The van der Waals surface area contributed by atoms with Gasteiger partial charge in [-0.2, -0.15) is 0 Å². The molecule has 230 valence electrons. The number of fused-ring (bicyclic) bond motifs is 11. The molecular formula is C46H30N2O. The van der Waals surface area contributed by atoms with E-state index in [0.717, 1.165) is 54.8 Å². The maximum Gasteiger partial charge on any atom is 0.263 e. The summed E-state index contributed by atoms with van der Waals surface area (Å²) in [6.45, 7) is 4.60. The highest BCUT2D eigenvalue weighted by Crippen LogP contribution is 2.51. The lowest BCUT2D eigenvalue weighted by Gasteiger charge is -2.21. The van der Waals surface area contributed by atoms with Gasteiger partial charge in [-0.1, -0.05) is 98.8 Å². The van der Waals surface area contributed by atoms with E-state index in [9.17, 15) is 4.79 Å². The fourth-order valence-electron chi connectivity index (χ4n) is 8.95. The molecule has 3 aromatic heterocycles. The number of para-hydroxylation sites is 2. The molecule has 0 fully saturated rings. The first-order chi connectivity index (χ1) is 24.0. The van der Waals surface area contributed by atoms with Crippen LogP contribution >= 0.6 is 0 Å². The van der Waals surface area contributed by atoms with Crippen LogP contribution < -0.4 is 5.56 Å². The smallest absolute Gasteiger partial charge is 0.263 e. The van der Waals surface area contributed by atoms with Gasteiger partial charge in [0.05, 0.1) is 22.1 Å². The van der Waals surface area contributed by atoms with Gasteiger partial charge in [-0.3, -0.25) is 9.20 Å². The minimum absolute atomic E-state index is 0.0410. The Morgan fingerprint density at radius 2 is 1.08 bits per heavy atom. The molecule has 7 aromatic carbocycles. The second-order valence-electron chi connectivity index (χ2n) is 14.1. The molecule has 0 aliphatic heterocycles. The van der Waals surface area contributed by atoms with E-state index < -0.39 is 0 Å². The zero-order valence-corrected chi connectivity index (χ0v) is 27.2. The second kappa shape index (κ2) is 9.24. The first-order valence-corrected chi connectivity index (χ1v) is 17.0. The zero-order chi connectivity index (χ0) is 32.6. The van der Waals surface area contributed by atoms with Crippen molar-refractivity contribution in [3.8, 4) is 27.9 Å². The van der Waals surface area contributed by atoms with Gasteiger partial charge in [0.25, 0.3) is 5.56 Å². The van der Waals surface area contributed by atoms with Crippen LogP contribution in [0.3, 0.4) is 0 Å². The molecule has 0 bridgehead atoms. The number of hydrogen-bond donors (Lipinski definition) is 0. The van der Waals surface area contributed by atoms with E-state index in [-0.39, 0.29) is 11.0 Å². The number of nitrogens with zero attached hydrogens (tertiary/aromatic N) is 2. The van der Waals surface area contributed by atoms with Gasteiger partial charge in [0.2, 0.25) is 0 Å². The van der Waals surface area contributed by atoms with Crippen LogP contribution in [0.5, 0.6) is 0 Å². The fourth-order valence-corrected chi connectivity index (χ4v) is 8.95. The minimum atomic E-state index is -0.158. The van der Waals surface area contributed by atoms with Crippen molar-refractivity contribution in [2.45, 2.75) is 19.3 Å². The molecule has 0 atom stereocenters. The molecule has 3 heterocycles. The number of hydrogen-bond acceptors (Lipinski definition) is 1. The molecule has 49 heavy (non-hydrogen) atoms. The summed E-state index contributed by atoms with van der Waals surface area (Å²) in [7, 11) is 0. The van der Waals surface area contributed by atoms with Crippen molar-refractivity contribution in [1.82, 2.24) is 8.97 Å².